The summed E-state index contributed by atoms with van der Waals surface area (Å²) < 4.78 is 30.2. The number of hydrogen-bond acceptors (Lipinski definition) is 5. The highest BCUT2D eigenvalue weighted by molar-refractivity contribution is 7.49. The van der Waals surface area contributed by atoms with Crippen LogP contribution in [0, 0.1) is 20.8 Å². The average molecular weight is 442 g/mol. The van der Waals surface area contributed by atoms with E-state index in [9.17, 15) is 4.57 Å². The minimum atomic E-state index is -3.93. The molecule has 166 valence electrons. The minimum Gasteiger partial charge on any atom is -0.386 e. The number of phosphoric acid groups is 1. The molecule has 0 fully saturated rings. The summed E-state index contributed by atoms with van der Waals surface area (Å²) in [6.45, 7) is 8.88. The Morgan fingerprint density at radius 3 is 1.13 bits per heavy atom. The maximum Gasteiger partial charge on any atom is 0.647 e. The standard InChI is InChI=1S/C21H21O4P.C4H11N/c1-16-4-10-19(11-5-16)23-26(22,24-20-12-6-17(2)7-13-20)25-21-14-8-18(3)9-15-21;1-2-3-4-5/h4-15H,1-3H3;2-5H2,1H3. The number of benzene rings is 3. The molecule has 0 heterocycles. The molecule has 0 saturated heterocycles. The molecular weight excluding hydrogens is 409 g/mol. The lowest BCUT2D eigenvalue weighted by Crippen LogP contribution is -2.07. The van der Waals surface area contributed by atoms with E-state index in [-0.39, 0.29) is 0 Å². The van der Waals surface area contributed by atoms with Crippen LogP contribution in [0.4, 0.5) is 0 Å². The van der Waals surface area contributed by atoms with Crippen molar-refractivity contribution in [3.8, 4) is 17.2 Å². The molecule has 0 saturated carbocycles. The van der Waals surface area contributed by atoms with Crippen LogP contribution in [0.3, 0.4) is 0 Å². The first kappa shape index (κ1) is 24.5. The summed E-state index contributed by atoms with van der Waals surface area (Å²) in [5, 5.41) is 0. The van der Waals surface area contributed by atoms with Gasteiger partial charge in [0, 0.05) is 0 Å². The van der Waals surface area contributed by atoms with Gasteiger partial charge in [-0.15, -0.1) is 0 Å². The molecule has 0 aliphatic carbocycles. The van der Waals surface area contributed by atoms with E-state index in [1.54, 1.807) is 36.4 Å². The second kappa shape index (κ2) is 12.2. The molecule has 31 heavy (non-hydrogen) atoms. The van der Waals surface area contributed by atoms with E-state index in [0.717, 1.165) is 23.2 Å². The molecule has 3 aromatic carbocycles. The van der Waals surface area contributed by atoms with Gasteiger partial charge in [-0.3, -0.25) is 0 Å². The number of rotatable bonds is 8. The van der Waals surface area contributed by atoms with E-state index in [4.69, 9.17) is 19.3 Å². The first-order chi connectivity index (χ1) is 14.8. The highest BCUT2D eigenvalue weighted by atomic mass is 31.2. The highest BCUT2D eigenvalue weighted by Gasteiger charge is 2.33. The number of phosphoric ester groups is 1. The van der Waals surface area contributed by atoms with E-state index in [1.165, 1.54) is 12.8 Å². The molecule has 0 aromatic heterocycles. The zero-order valence-electron chi connectivity index (χ0n) is 18.7. The van der Waals surface area contributed by atoms with Crippen LogP contribution in [0.5, 0.6) is 17.2 Å². The van der Waals surface area contributed by atoms with Gasteiger partial charge >= 0.3 is 7.82 Å². The van der Waals surface area contributed by atoms with Gasteiger partial charge in [-0.05, 0) is 70.1 Å². The Morgan fingerprint density at radius 1 is 0.645 bits per heavy atom. The van der Waals surface area contributed by atoms with Crippen LogP contribution in [0.15, 0.2) is 72.8 Å². The maximum absolute atomic E-state index is 13.3. The fraction of sp³-hybridized carbons (Fsp3) is 0.280. The Kier molecular flexibility index (Phi) is 9.64. The molecule has 0 amide bonds. The van der Waals surface area contributed by atoms with Crippen LogP contribution in [0.25, 0.3) is 0 Å². The van der Waals surface area contributed by atoms with E-state index in [2.05, 4.69) is 6.92 Å². The van der Waals surface area contributed by atoms with Crippen molar-refractivity contribution in [1.29, 1.82) is 0 Å². The molecule has 0 spiro atoms. The molecule has 0 bridgehead atoms. The number of hydrogen-bond donors (Lipinski definition) is 1. The van der Waals surface area contributed by atoms with Gasteiger partial charge in [0.2, 0.25) is 0 Å². The Hall–Kier alpha value is -2.75. The molecule has 0 aliphatic heterocycles. The summed E-state index contributed by atoms with van der Waals surface area (Å²) in [6.07, 6.45) is 2.39. The van der Waals surface area contributed by atoms with Crippen molar-refractivity contribution in [2.24, 2.45) is 5.73 Å². The van der Waals surface area contributed by atoms with E-state index in [1.807, 2.05) is 57.2 Å². The van der Waals surface area contributed by atoms with Gasteiger partial charge in [-0.1, -0.05) is 66.4 Å². The van der Waals surface area contributed by atoms with Gasteiger partial charge in [0.15, 0.2) is 0 Å². The van der Waals surface area contributed by atoms with Crippen LogP contribution in [-0.4, -0.2) is 6.54 Å². The maximum atomic E-state index is 13.3. The van der Waals surface area contributed by atoms with Crippen LogP contribution in [-0.2, 0) is 4.57 Å². The van der Waals surface area contributed by atoms with Crippen LogP contribution in [0.2, 0.25) is 0 Å². The Balaban J connectivity index is 0.000000614. The summed E-state index contributed by atoms with van der Waals surface area (Å²) in [5.41, 5.74) is 8.36. The van der Waals surface area contributed by atoms with Crippen molar-refractivity contribution in [3.63, 3.8) is 0 Å². The first-order valence-corrected chi connectivity index (χ1v) is 11.9. The molecule has 0 radical (unpaired) electrons. The van der Waals surface area contributed by atoms with Gasteiger partial charge < -0.3 is 19.3 Å². The quantitative estimate of drug-likeness (QED) is 0.381. The van der Waals surface area contributed by atoms with Crippen molar-refractivity contribution in [1.82, 2.24) is 0 Å². The van der Waals surface area contributed by atoms with Gasteiger partial charge in [0.1, 0.15) is 17.2 Å². The fourth-order valence-electron chi connectivity index (χ4n) is 2.44. The van der Waals surface area contributed by atoms with Crippen LogP contribution < -0.4 is 19.3 Å². The lowest BCUT2D eigenvalue weighted by molar-refractivity contribution is 0.298. The van der Waals surface area contributed by atoms with Crippen molar-refractivity contribution in [2.75, 3.05) is 6.54 Å². The van der Waals surface area contributed by atoms with Gasteiger partial charge in [0.05, 0.1) is 0 Å². The van der Waals surface area contributed by atoms with Crippen LogP contribution >= 0.6 is 7.82 Å². The fourth-order valence-corrected chi connectivity index (χ4v) is 3.70. The van der Waals surface area contributed by atoms with Crippen molar-refractivity contribution < 1.29 is 18.1 Å². The third-order valence-corrected chi connectivity index (χ3v) is 5.58. The first-order valence-electron chi connectivity index (χ1n) is 10.4. The lowest BCUT2D eigenvalue weighted by Gasteiger charge is -2.19. The molecule has 0 unspecified atom stereocenters. The molecule has 3 aromatic rings. The average Bonchev–Trinajstić information content (AvgIpc) is 2.74. The summed E-state index contributed by atoms with van der Waals surface area (Å²) in [6, 6.07) is 21.6. The Labute approximate surface area is 185 Å². The summed E-state index contributed by atoms with van der Waals surface area (Å²) in [7, 11) is -3.93. The smallest absolute Gasteiger partial charge is 0.386 e. The van der Waals surface area contributed by atoms with Gasteiger partial charge in [0.25, 0.3) is 0 Å². The summed E-state index contributed by atoms with van der Waals surface area (Å²) in [5.74, 6) is 1.24. The van der Waals surface area contributed by atoms with E-state index >= 15 is 0 Å². The monoisotopic (exact) mass is 441 g/mol. The normalized spacial score (nSPS) is 10.6. The second-order valence-electron chi connectivity index (χ2n) is 7.30. The topological polar surface area (TPSA) is 70.8 Å². The second-order valence-corrected chi connectivity index (χ2v) is 8.74. The summed E-state index contributed by atoms with van der Waals surface area (Å²) in [4.78, 5) is 0. The number of aryl methyl sites for hydroxylation is 3. The predicted molar refractivity (Wildman–Crippen MR) is 127 cm³/mol. The molecular formula is C25H32NO4P. The third-order valence-electron chi connectivity index (χ3n) is 4.27. The lowest BCUT2D eigenvalue weighted by atomic mass is 10.2. The zero-order chi connectivity index (χ0) is 22.7. The third kappa shape index (κ3) is 8.87. The predicted octanol–water partition coefficient (Wildman–Crippen LogP) is 7.00. The van der Waals surface area contributed by atoms with Crippen LogP contribution in [0.1, 0.15) is 36.5 Å². The van der Waals surface area contributed by atoms with E-state index < -0.39 is 7.82 Å². The number of nitrogens with two attached hydrogens (primary N) is 1. The van der Waals surface area contributed by atoms with Gasteiger partial charge in [-0.2, -0.15) is 4.57 Å². The van der Waals surface area contributed by atoms with Crippen molar-refractivity contribution in [3.05, 3.63) is 89.5 Å². The Morgan fingerprint density at radius 2 is 0.935 bits per heavy atom. The molecule has 2 N–H and O–H groups in total. The van der Waals surface area contributed by atoms with Crippen molar-refractivity contribution in [2.45, 2.75) is 40.5 Å². The highest BCUT2D eigenvalue weighted by Crippen LogP contribution is 2.49. The number of unbranched alkanes of at least 4 members (excludes halogenated alkanes) is 1. The Bertz CT molecular complexity index is 830. The van der Waals surface area contributed by atoms with E-state index in [0.29, 0.717) is 17.2 Å². The van der Waals surface area contributed by atoms with Crippen molar-refractivity contribution >= 4 is 7.82 Å². The summed E-state index contributed by atoms with van der Waals surface area (Å²) >= 11 is 0. The molecule has 3 rings (SSSR count). The largest absolute Gasteiger partial charge is 0.647 e. The molecule has 6 heteroatoms. The molecule has 0 atom stereocenters. The SMILES string of the molecule is CCCCN.Cc1ccc(OP(=O)(Oc2ccc(C)cc2)Oc2ccc(C)cc2)cc1. The minimum absolute atomic E-state index is 0.415. The molecule has 5 nitrogen and oxygen atoms in total. The van der Waals surface area contributed by atoms with Gasteiger partial charge in [-0.25, -0.2) is 0 Å². The molecule has 0 aliphatic rings. The zero-order valence-corrected chi connectivity index (χ0v) is 19.6.